The molecule has 1 N–H and O–H groups in total. The van der Waals surface area contributed by atoms with Gasteiger partial charge in [0.1, 0.15) is 0 Å². The lowest BCUT2D eigenvalue weighted by atomic mass is 10.0. The van der Waals surface area contributed by atoms with E-state index in [9.17, 15) is 10.1 Å². The smallest absolute Gasteiger partial charge is 0.269 e. The summed E-state index contributed by atoms with van der Waals surface area (Å²) in [6.45, 7) is 3.06. The molecule has 0 aliphatic heterocycles. The van der Waals surface area contributed by atoms with Crippen molar-refractivity contribution < 1.29 is 4.92 Å². The van der Waals surface area contributed by atoms with E-state index >= 15 is 0 Å². The summed E-state index contributed by atoms with van der Waals surface area (Å²) in [6.07, 6.45) is 6.72. The van der Waals surface area contributed by atoms with Gasteiger partial charge in [-0.3, -0.25) is 10.1 Å². The highest BCUT2D eigenvalue weighted by Gasteiger charge is 2.15. The van der Waals surface area contributed by atoms with Gasteiger partial charge in [0, 0.05) is 18.2 Å². The minimum Gasteiger partial charge on any atom is -0.310 e. The fourth-order valence-corrected chi connectivity index (χ4v) is 2.83. The molecule has 0 saturated heterocycles. The molecule has 0 radical (unpaired) electrons. The van der Waals surface area contributed by atoms with Crippen LogP contribution in [0.3, 0.4) is 0 Å². The fourth-order valence-electron chi connectivity index (χ4n) is 2.83. The Morgan fingerprint density at radius 3 is 2.84 bits per heavy atom. The number of non-ortho nitro benzene ring substituents is 1. The molecular weight excluding hydrogens is 240 g/mol. The molecule has 1 aromatic rings. The molecule has 1 atom stereocenters. The number of hydrogen-bond acceptors (Lipinski definition) is 3. The van der Waals surface area contributed by atoms with Gasteiger partial charge >= 0.3 is 0 Å². The van der Waals surface area contributed by atoms with Crippen LogP contribution in [-0.4, -0.2) is 11.5 Å². The number of nitrogens with zero attached hydrogens (tertiary/aromatic N) is 1. The minimum atomic E-state index is -0.339. The van der Waals surface area contributed by atoms with Gasteiger partial charge in [-0.25, -0.2) is 0 Å². The molecule has 4 nitrogen and oxygen atoms in total. The molecule has 4 heteroatoms. The Hall–Kier alpha value is -1.42. The Labute approximate surface area is 114 Å². The van der Waals surface area contributed by atoms with E-state index in [0.29, 0.717) is 0 Å². The van der Waals surface area contributed by atoms with E-state index in [1.54, 1.807) is 12.1 Å². The molecule has 104 valence electrons. The maximum Gasteiger partial charge on any atom is 0.269 e. The zero-order valence-corrected chi connectivity index (χ0v) is 11.5. The molecule has 0 amide bonds. The van der Waals surface area contributed by atoms with Crippen LogP contribution in [0.25, 0.3) is 0 Å². The van der Waals surface area contributed by atoms with Crippen molar-refractivity contribution in [2.24, 2.45) is 5.92 Å². The van der Waals surface area contributed by atoms with Crippen LogP contribution in [0.5, 0.6) is 0 Å². The van der Waals surface area contributed by atoms with Crippen molar-refractivity contribution in [2.75, 3.05) is 6.54 Å². The van der Waals surface area contributed by atoms with E-state index in [4.69, 9.17) is 0 Å². The van der Waals surface area contributed by atoms with E-state index in [2.05, 4.69) is 12.2 Å². The van der Waals surface area contributed by atoms with Gasteiger partial charge in [0.25, 0.3) is 5.69 Å². The van der Waals surface area contributed by atoms with Gasteiger partial charge in [-0.15, -0.1) is 0 Å². The molecule has 0 heterocycles. The molecule has 0 bridgehead atoms. The number of nitro benzene ring substituents is 1. The standard InChI is InChI=1S/C15H22N2O2/c1-12(16-10-9-13-5-2-3-6-13)14-7-4-8-15(11-14)17(18)19/h4,7-8,11-13,16H,2-3,5-6,9-10H2,1H3. The molecule has 1 aliphatic rings. The molecule has 1 unspecified atom stereocenters. The molecule has 1 aliphatic carbocycles. The van der Waals surface area contributed by atoms with E-state index in [1.807, 2.05) is 6.07 Å². The summed E-state index contributed by atoms with van der Waals surface area (Å²) in [6, 6.07) is 7.06. The third-order valence-corrected chi connectivity index (χ3v) is 4.06. The van der Waals surface area contributed by atoms with Gasteiger partial charge in [0.2, 0.25) is 0 Å². The second-order valence-electron chi connectivity index (χ2n) is 5.47. The van der Waals surface area contributed by atoms with Crippen LogP contribution in [0.15, 0.2) is 24.3 Å². The Kier molecular flexibility index (Phi) is 4.91. The maximum absolute atomic E-state index is 10.7. The molecule has 2 rings (SSSR count). The quantitative estimate of drug-likeness (QED) is 0.626. The lowest BCUT2D eigenvalue weighted by molar-refractivity contribution is -0.384. The normalized spacial score (nSPS) is 17.5. The zero-order valence-electron chi connectivity index (χ0n) is 11.5. The highest BCUT2D eigenvalue weighted by Crippen LogP contribution is 2.27. The Bertz CT molecular complexity index is 428. The van der Waals surface area contributed by atoms with Crippen LogP contribution in [-0.2, 0) is 0 Å². The van der Waals surface area contributed by atoms with Crippen molar-refractivity contribution in [3.05, 3.63) is 39.9 Å². The summed E-state index contributed by atoms with van der Waals surface area (Å²) >= 11 is 0. The molecule has 1 fully saturated rings. The van der Waals surface area contributed by atoms with E-state index in [-0.39, 0.29) is 16.7 Å². The van der Waals surface area contributed by atoms with Crippen molar-refractivity contribution in [3.63, 3.8) is 0 Å². The number of benzene rings is 1. The van der Waals surface area contributed by atoms with Crippen molar-refractivity contribution in [2.45, 2.75) is 45.1 Å². The monoisotopic (exact) mass is 262 g/mol. The fraction of sp³-hybridized carbons (Fsp3) is 0.600. The van der Waals surface area contributed by atoms with Crippen LogP contribution in [0.2, 0.25) is 0 Å². The number of nitro groups is 1. The maximum atomic E-state index is 10.7. The predicted molar refractivity (Wildman–Crippen MR) is 76.1 cm³/mol. The van der Waals surface area contributed by atoms with Gasteiger partial charge in [-0.1, -0.05) is 37.8 Å². The summed E-state index contributed by atoms with van der Waals surface area (Å²) in [5, 5.41) is 14.2. The van der Waals surface area contributed by atoms with Gasteiger partial charge in [0.05, 0.1) is 4.92 Å². The number of hydrogen-bond donors (Lipinski definition) is 1. The Morgan fingerprint density at radius 1 is 1.42 bits per heavy atom. The highest BCUT2D eigenvalue weighted by atomic mass is 16.6. The summed E-state index contributed by atoms with van der Waals surface area (Å²) in [7, 11) is 0. The summed E-state index contributed by atoms with van der Waals surface area (Å²) in [5.41, 5.74) is 1.16. The summed E-state index contributed by atoms with van der Waals surface area (Å²) < 4.78 is 0. The van der Waals surface area contributed by atoms with Crippen molar-refractivity contribution in [1.29, 1.82) is 0 Å². The van der Waals surface area contributed by atoms with E-state index in [0.717, 1.165) is 18.0 Å². The van der Waals surface area contributed by atoms with Gasteiger partial charge < -0.3 is 5.32 Å². The molecule has 1 saturated carbocycles. The number of nitrogens with one attached hydrogen (secondary N) is 1. The first kappa shape index (κ1) is 14.0. The van der Waals surface area contributed by atoms with Crippen molar-refractivity contribution >= 4 is 5.69 Å². The molecule has 0 aromatic heterocycles. The van der Waals surface area contributed by atoms with Crippen LogP contribution in [0.1, 0.15) is 50.6 Å². The largest absolute Gasteiger partial charge is 0.310 e. The predicted octanol–water partition coefficient (Wildman–Crippen LogP) is 3.83. The van der Waals surface area contributed by atoms with Crippen molar-refractivity contribution in [1.82, 2.24) is 5.32 Å². The van der Waals surface area contributed by atoms with Gasteiger partial charge in [-0.05, 0) is 31.4 Å². The molecule has 19 heavy (non-hydrogen) atoms. The third-order valence-electron chi connectivity index (χ3n) is 4.06. The number of rotatable bonds is 6. The average molecular weight is 262 g/mol. The van der Waals surface area contributed by atoms with Crippen LogP contribution in [0, 0.1) is 16.0 Å². The average Bonchev–Trinajstić information content (AvgIpc) is 2.92. The lowest BCUT2D eigenvalue weighted by Gasteiger charge is -2.16. The summed E-state index contributed by atoms with van der Waals surface area (Å²) in [4.78, 5) is 10.4. The van der Waals surface area contributed by atoms with E-state index < -0.39 is 0 Å². The van der Waals surface area contributed by atoms with E-state index in [1.165, 1.54) is 38.2 Å². The topological polar surface area (TPSA) is 55.2 Å². The summed E-state index contributed by atoms with van der Waals surface area (Å²) in [5.74, 6) is 0.879. The second kappa shape index (κ2) is 6.66. The van der Waals surface area contributed by atoms with Crippen LogP contribution in [0.4, 0.5) is 5.69 Å². The molecule has 0 spiro atoms. The minimum absolute atomic E-state index is 0.168. The van der Waals surface area contributed by atoms with Crippen molar-refractivity contribution in [3.8, 4) is 0 Å². The van der Waals surface area contributed by atoms with Gasteiger partial charge in [-0.2, -0.15) is 0 Å². The highest BCUT2D eigenvalue weighted by molar-refractivity contribution is 5.35. The Morgan fingerprint density at radius 2 is 2.16 bits per heavy atom. The van der Waals surface area contributed by atoms with Crippen LogP contribution < -0.4 is 5.32 Å². The first-order valence-electron chi connectivity index (χ1n) is 7.14. The first-order chi connectivity index (χ1) is 9.16. The third kappa shape index (κ3) is 4.03. The molecule has 1 aromatic carbocycles. The zero-order chi connectivity index (χ0) is 13.7. The second-order valence-corrected chi connectivity index (χ2v) is 5.47. The van der Waals surface area contributed by atoms with Crippen LogP contribution >= 0.6 is 0 Å². The lowest BCUT2D eigenvalue weighted by Crippen LogP contribution is -2.21. The Balaban J connectivity index is 1.83. The first-order valence-corrected chi connectivity index (χ1v) is 7.14. The molecular formula is C15H22N2O2. The SMILES string of the molecule is CC(NCCC1CCCC1)c1cccc([N+](=O)[O-])c1. The van der Waals surface area contributed by atoms with Gasteiger partial charge in [0.15, 0.2) is 0 Å².